The molecule has 0 amide bonds. The van der Waals surface area contributed by atoms with Gasteiger partial charge in [-0.3, -0.25) is 0 Å². The maximum atomic E-state index is 10.4. The molecule has 1 unspecified atom stereocenters. The summed E-state index contributed by atoms with van der Waals surface area (Å²) in [5.41, 5.74) is 0. The maximum Gasteiger partial charge on any atom is 0.146 e. The van der Waals surface area contributed by atoms with Gasteiger partial charge in [0, 0.05) is 33.2 Å². The van der Waals surface area contributed by atoms with Crippen molar-refractivity contribution in [2.75, 3.05) is 0 Å². The summed E-state index contributed by atoms with van der Waals surface area (Å²) in [5, 5.41) is 12.5. The Bertz CT molecular complexity index is 624. The van der Waals surface area contributed by atoms with Crippen molar-refractivity contribution in [3.8, 4) is 0 Å². The summed E-state index contributed by atoms with van der Waals surface area (Å²) in [6.45, 7) is 3.02. The summed E-state index contributed by atoms with van der Waals surface area (Å²) < 4.78 is 4.50. The molecule has 0 radical (unpaired) electrons. The first-order chi connectivity index (χ1) is 8.79. The fraction of sp³-hybridized carbons (Fsp3) is 0.308. The number of fused-ring (bicyclic) bond motifs is 1. The van der Waals surface area contributed by atoms with Crippen LogP contribution in [0.25, 0.3) is 9.40 Å². The molecule has 18 heavy (non-hydrogen) atoms. The molecular formula is C13H14N2OS2. The zero-order valence-corrected chi connectivity index (χ0v) is 11.7. The second-order valence-corrected chi connectivity index (χ2v) is 6.24. The van der Waals surface area contributed by atoms with Crippen molar-refractivity contribution >= 4 is 32.1 Å². The number of nitrogens with zero attached hydrogens (tertiary/aromatic N) is 2. The van der Waals surface area contributed by atoms with E-state index in [4.69, 9.17) is 0 Å². The predicted molar refractivity (Wildman–Crippen MR) is 76.3 cm³/mol. The van der Waals surface area contributed by atoms with Crippen LogP contribution >= 0.6 is 22.7 Å². The summed E-state index contributed by atoms with van der Waals surface area (Å²) in [7, 11) is 0. The average molecular weight is 278 g/mol. The smallest absolute Gasteiger partial charge is 0.146 e. The van der Waals surface area contributed by atoms with E-state index in [9.17, 15) is 5.11 Å². The number of thiophene rings is 2. The van der Waals surface area contributed by atoms with Crippen molar-refractivity contribution in [2.24, 2.45) is 0 Å². The average Bonchev–Trinajstić information content (AvgIpc) is 3.02. The van der Waals surface area contributed by atoms with Gasteiger partial charge in [0.2, 0.25) is 0 Å². The highest BCUT2D eigenvalue weighted by molar-refractivity contribution is 7.26. The van der Waals surface area contributed by atoms with Crippen LogP contribution in [0.5, 0.6) is 0 Å². The first kappa shape index (κ1) is 11.9. The number of hydrogen-bond donors (Lipinski definition) is 1. The highest BCUT2D eigenvalue weighted by atomic mass is 32.1. The van der Waals surface area contributed by atoms with Crippen LogP contribution in [0.15, 0.2) is 29.9 Å². The number of aliphatic hydroxyl groups excluding tert-OH is 1. The second-order valence-electron chi connectivity index (χ2n) is 4.18. The van der Waals surface area contributed by atoms with Gasteiger partial charge < -0.3 is 9.67 Å². The molecular weight excluding hydrogens is 264 g/mol. The molecule has 0 saturated carbocycles. The van der Waals surface area contributed by atoms with Crippen LogP contribution in [0, 0.1) is 0 Å². The topological polar surface area (TPSA) is 38.0 Å². The quantitative estimate of drug-likeness (QED) is 0.791. The minimum atomic E-state index is -0.615. The Labute approximate surface area is 113 Å². The number of imidazole rings is 1. The van der Waals surface area contributed by atoms with E-state index in [0.717, 1.165) is 23.7 Å². The third-order valence-electron chi connectivity index (χ3n) is 2.88. The Hall–Kier alpha value is -1.17. The van der Waals surface area contributed by atoms with Crippen molar-refractivity contribution in [3.05, 3.63) is 40.6 Å². The molecule has 3 rings (SSSR count). The molecule has 94 valence electrons. The van der Waals surface area contributed by atoms with Gasteiger partial charge in [-0.1, -0.05) is 6.92 Å². The summed E-state index contributed by atoms with van der Waals surface area (Å²) >= 11 is 3.35. The lowest BCUT2D eigenvalue weighted by atomic mass is 10.2. The molecule has 3 aromatic rings. The number of rotatable bonds is 4. The van der Waals surface area contributed by atoms with Crippen molar-refractivity contribution in [1.82, 2.24) is 9.55 Å². The Morgan fingerprint density at radius 2 is 2.33 bits per heavy atom. The standard InChI is InChI=1S/C13H14N2OS2/c1-2-5-15-6-4-14-13(15)12(16)11-8-10-9(18-11)3-7-17-10/h3-4,6-8,12,16H,2,5H2,1H3. The fourth-order valence-corrected chi connectivity index (χ4v) is 4.15. The Kier molecular flexibility index (Phi) is 3.20. The molecule has 0 spiro atoms. The highest BCUT2D eigenvalue weighted by Gasteiger charge is 2.18. The van der Waals surface area contributed by atoms with E-state index < -0.39 is 6.10 Å². The van der Waals surface area contributed by atoms with Crippen LogP contribution in [0.3, 0.4) is 0 Å². The van der Waals surface area contributed by atoms with Gasteiger partial charge in [-0.15, -0.1) is 22.7 Å². The van der Waals surface area contributed by atoms with E-state index in [2.05, 4.69) is 29.4 Å². The molecule has 0 bridgehead atoms. The monoisotopic (exact) mass is 278 g/mol. The van der Waals surface area contributed by atoms with Gasteiger partial charge in [0.15, 0.2) is 0 Å². The molecule has 3 nitrogen and oxygen atoms in total. The fourth-order valence-electron chi connectivity index (χ4n) is 2.04. The number of aromatic nitrogens is 2. The van der Waals surface area contributed by atoms with Gasteiger partial charge in [0.25, 0.3) is 0 Å². The second kappa shape index (κ2) is 4.84. The van der Waals surface area contributed by atoms with Gasteiger partial charge in [0.1, 0.15) is 11.9 Å². The number of aliphatic hydroxyl groups is 1. The minimum Gasteiger partial charge on any atom is -0.380 e. The number of aryl methyl sites for hydroxylation is 1. The van der Waals surface area contributed by atoms with Gasteiger partial charge in [-0.05, 0) is 23.9 Å². The van der Waals surface area contributed by atoms with Crippen molar-refractivity contribution in [2.45, 2.75) is 26.0 Å². The third kappa shape index (κ3) is 1.98. The third-order valence-corrected chi connectivity index (χ3v) is 5.03. The summed E-state index contributed by atoms with van der Waals surface area (Å²) in [5.74, 6) is 0.741. The summed E-state index contributed by atoms with van der Waals surface area (Å²) in [4.78, 5) is 5.26. The van der Waals surface area contributed by atoms with E-state index in [1.54, 1.807) is 28.9 Å². The molecule has 3 aromatic heterocycles. The zero-order valence-electron chi connectivity index (χ0n) is 10.0. The molecule has 0 fully saturated rings. The Morgan fingerprint density at radius 1 is 1.44 bits per heavy atom. The lowest BCUT2D eigenvalue weighted by Crippen LogP contribution is -2.08. The van der Waals surface area contributed by atoms with Crippen molar-refractivity contribution < 1.29 is 5.11 Å². The highest BCUT2D eigenvalue weighted by Crippen LogP contribution is 2.35. The summed E-state index contributed by atoms with van der Waals surface area (Å²) in [6, 6.07) is 4.17. The molecule has 3 heterocycles. The van der Waals surface area contributed by atoms with E-state index in [0.29, 0.717) is 0 Å². The van der Waals surface area contributed by atoms with Crippen LogP contribution < -0.4 is 0 Å². The molecule has 0 aliphatic rings. The number of hydrogen-bond acceptors (Lipinski definition) is 4. The van der Waals surface area contributed by atoms with E-state index in [-0.39, 0.29) is 0 Å². The molecule has 0 aromatic carbocycles. The van der Waals surface area contributed by atoms with Crippen LogP contribution in [0.2, 0.25) is 0 Å². The molecule has 5 heteroatoms. The van der Waals surface area contributed by atoms with E-state index in [1.165, 1.54) is 9.40 Å². The first-order valence-corrected chi connectivity index (χ1v) is 7.65. The normalized spacial score (nSPS) is 13.2. The molecule has 0 saturated heterocycles. The zero-order chi connectivity index (χ0) is 12.5. The van der Waals surface area contributed by atoms with Crippen LogP contribution in [0.1, 0.15) is 30.2 Å². The van der Waals surface area contributed by atoms with E-state index >= 15 is 0 Å². The Balaban J connectivity index is 1.95. The maximum absolute atomic E-state index is 10.4. The summed E-state index contributed by atoms with van der Waals surface area (Å²) in [6.07, 6.45) is 4.11. The first-order valence-electron chi connectivity index (χ1n) is 5.95. The molecule has 0 aliphatic carbocycles. The lowest BCUT2D eigenvalue weighted by Gasteiger charge is -2.10. The van der Waals surface area contributed by atoms with Gasteiger partial charge in [-0.25, -0.2) is 4.98 Å². The molecule has 1 atom stereocenters. The SMILES string of the molecule is CCCn1ccnc1C(O)c1cc2sccc2s1. The molecule has 1 N–H and O–H groups in total. The van der Waals surface area contributed by atoms with Crippen molar-refractivity contribution in [1.29, 1.82) is 0 Å². The van der Waals surface area contributed by atoms with Gasteiger partial charge >= 0.3 is 0 Å². The minimum absolute atomic E-state index is 0.615. The van der Waals surface area contributed by atoms with Crippen LogP contribution in [0.4, 0.5) is 0 Å². The van der Waals surface area contributed by atoms with Gasteiger partial charge in [-0.2, -0.15) is 0 Å². The molecule has 0 aliphatic heterocycles. The Morgan fingerprint density at radius 3 is 3.11 bits per heavy atom. The lowest BCUT2D eigenvalue weighted by molar-refractivity contribution is 0.208. The van der Waals surface area contributed by atoms with Crippen LogP contribution in [-0.4, -0.2) is 14.7 Å². The largest absolute Gasteiger partial charge is 0.380 e. The van der Waals surface area contributed by atoms with Crippen molar-refractivity contribution in [3.63, 3.8) is 0 Å². The van der Waals surface area contributed by atoms with Crippen LogP contribution in [-0.2, 0) is 6.54 Å². The van der Waals surface area contributed by atoms with E-state index in [1.807, 2.05) is 10.8 Å². The van der Waals surface area contributed by atoms with Gasteiger partial charge in [0.05, 0.1) is 0 Å². The predicted octanol–water partition coefficient (Wildman–Crippen LogP) is 3.65.